The number of carboxylic acid groups (broad SMARTS) is 1. The predicted octanol–water partition coefficient (Wildman–Crippen LogP) is 2.07. The van der Waals surface area contributed by atoms with E-state index in [1.807, 2.05) is 0 Å². The van der Waals surface area contributed by atoms with Gasteiger partial charge in [0.2, 0.25) is 5.82 Å². The lowest BCUT2D eigenvalue weighted by Crippen LogP contribution is -2.19. The number of nitrogens with one attached hydrogen (secondary N) is 1. The summed E-state index contributed by atoms with van der Waals surface area (Å²) < 4.78 is 66.9. The Bertz CT molecular complexity index is 805. The molecule has 2 aromatic rings. The van der Waals surface area contributed by atoms with Gasteiger partial charge in [-0.1, -0.05) is 0 Å². The van der Waals surface area contributed by atoms with Crippen molar-refractivity contribution < 1.29 is 36.6 Å². The van der Waals surface area contributed by atoms with Crippen LogP contribution in [0.2, 0.25) is 0 Å². The Kier molecular flexibility index (Phi) is 4.04. The summed E-state index contributed by atoms with van der Waals surface area (Å²) in [4.78, 5) is 22.8. The molecule has 2 rings (SSSR count). The second-order valence-corrected chi connectivity index (χ2v) is 4.27. The van der Waals surface area contributed by atoms with E-state index in [1.54, 1.807) is 0 Å². The van der Waals surface area contributed by atoms with Crippen LogP contribution < -0.4 is 5.32 Å². The van der Waals surface area contributed by atoms with E-state index < -0.39 is 57.9 Å². The van der Waals surface area contributed by atoms with E-state index in [2.05, 4.69) is 5.10 Å². The smallest absolute Gasteiger partial charge is 0.357 e. The predicted molar refractivity (Wildman–Crippen MR) is 64.4 cm³/mol. The zero-order valence-corrected chi connectivity index (χ0v) is 11.1. The van der Waals surface area contributed by atoms with Crippen molar-refractivity contribution in [3.05, 3.63) is 46.5 Å². The van der Waals surface area contributed by atoms with Crippen LogP contribution in [0.5, 0.6) is 0 Å². The van der Waals surface area contributed by atoms with Gasteiger partial charge in [-0.2, -0.15) is 5.10 Å². The second-order valence-electron chi connectivity index (χ2n) is 4.27. The first kappa shape index (κ1) is 16.4. The number of halogens is 5. The fourth-order valence-corrected chi connectivity index (χ4v) is 1.71. The Balaban J connectivity index is 2.49. The molecule has 1 aromatic heterocycles. The number of benzene rings is 1. The molecule has 1 amide bonds. The zero-order valence-electron chi connectivity index (χ0n) is 11.1. The SMILES string of the molecule is Cn1cc(C(=O)Nc2c(F)c(F)c(F)c(F)c2F)c(C(=O)O)n1. The fourth-order valence-electron chi connectivity index (χ4n) is 1.71. The Morgan fingerprint density at radius 3 is 2.00 bits per heavy atom. The quantitative estimate of drug-likeness (QED) is 0.511. The molecule has 0 aliphatic rings. The van der Waals surface area contributed by atoms with Crippen LogP contribution in [0.3, 0.4) is 0 Å². The summed E-state index contributed by atoms with van der Waals surface area (Å²) in [5.74, 6) is -14.4. The molecule has 0 saturated carbocycles. The lowest BCUT2D eigenvalue weighted by atomic mass is 10.2. The minimum Gasteiger partial charge on any atom is -0.476 e. The van der Waals surface area contributed by atoms with Gasteiger partial charge in [-0.25, -0.2) is 26.7 Å². The van der Waals surface area contributed by atoms with E-state index >= 15 is 0 Å². The third-order valence-corrected chi connectivity index (χ3v) is 2.72. The van der Waals surface area contributed by atoms with Gasteiger partial charge in [0.15, 0.2) is 29.0 Å². The van der Waals surface area contributed by atoms with Gasteiger partial charge in [0.25, 0.3) is 5.91 Å². The topological polar surface area (TPSA) is 84.2 Å². The molecule has 1 aromatic carbocycles. The van der Waals surface area contributed by atoms with E-state index in [9.17, 15) is 31.5 Å². The van der Waals surface area contributed by atoms with Gasteiger partial charge in [0.1, 0.15) is 5.69 Å². The van der Waals surface area contributed by atoms with E-state index in [4.69, 9.17) is 5.11 Å². The molecule has 0 fully saturated rings. The number of nitrogens with zero attached hydrogens (tertiary/aromatic N) is 2. The Morgan fingerprint density at radius 2 is 1.52 bits per heavy atom. The Labute approximate surface area is 124 Å². The highest BCUT2D eigenvalue weighted by atomic mass is 19.2. The van der Waals surface area contributed by atoms with Crippen LogP contribution in [0.15, 0.2) is 6.20 Å². The minimum absolute atomic E-state index is 0.621. The van der Waals surface area contributed by atoms with Crippen molar-refractivity contribution in [2.75, 3.05) is 5.32 Å². The molecule has 11 heteroatoms. The van der Waals surface area contributed by atoms with Gasteiger partial charge in [0.05, 0.1) is 5.56 Å². The lowest BCUT2D eigenvalue weighted by molar-refractivity contribution is 0.0685. The van der Waals surface area contributed by atoms with Crippen LogP contribution in [0, 0.1) is 29.1 Å². The number of amides is 1. The number of aromatic carboxylic acids is 1. The van der Waals surface area contributed by atoms with Crippen LogP contribution in [0.1, 0.15) is 20.8 Å². The molecular weight excluding hydrogens is 329 g/mol. The van der Waals surface area contributed by atoms with E-state index in [1.165, 1.54) is 12.4 Å². The molecule has 0 bridgehead atoms. The molecule has 23 heavy (non-hydrogen) atoms. The van der Waals surface area contributed by atoms with Gasteiger partial charge in [-0.15, -0.1) is 0 Å². The van der Waals surface area contributed by atoms with Gasteiger partial charge >= 0.3 is 5.97 Å². The molecule has 0 atom stereocenters. The summed E-state index contributed by atoms with van der Waals surface area (Å²) in [5, 5.41) is 13.7. The average molecular weight is 335 g/mol. The largest absolute Gasteiger partial charge is 0.476 e. The van der Waals surface area contributed by atoms with Crippen LogP contribution in [0.4, 0.5) is 27.6 Å². The monoisotopic (exact) mass is 335 g/mol. The van der Waals surface area contributed by atoms with Gasteiger partial charge < -0.3 is 10.4 Å². The van der Waals surface area contributed by atoms with Crippen molar-refractivity contribution in [1.29, 1.82) is 0 Å². The molecule has 0 radical (unpaired) electrons. The van der Waals surface area contributed by atoms with Crippen molar-refractivity contribution >= 4 is 17.6 Å². The summed E-state index contributed by atoms with van der Waals surface area (Å²) >= 11 is 0. The van der Waals surface area contributed by atoms with Crippen molar-refractivity contribution in [2.24, 2.45) is 7.05 Å². The Morgan fingerprint density at radius 1 is 1.04 bits per heavy atom. The highest BCUT2D eigenvalue weighted by Gasteiger charge is 2.29. The first-order valence-corrected chi connectivity index (χ1v) is 5.74. The molecule has 0 spiro atoms. The van der Waals surface area contributed by atoms with E-state index in [-0.39, 0.29) is 0 Å². The van der Waals surface area contributed by atoms with Crippen LogP contribution in [0.25, 0.3) is 0 Å². The minimum atomic E-state index is -2.38. The maximum absolute atomic E-state index is 13.5. The molecule has 0 saturated heterocycles. The van der Waals surface area contributed by atoms with Gasteiger partial charge in [-0.3, -0.25) is 9.48 Å². The maximum atomic E-state index is 13.5. The van der Waals surface area contributed by atoms with E-state index in [0.717, 1.165) is 10.9 Å². The lowest BCUT2D eigenvalue weighted by Gasteiger charge is -2.09. The number of aryl methyl sites for hydroxylation is 1. The maximum Gasteiger partial charge on any atom is 0.357 e. The third kappa shape index (κ3) is 2.72. The van der Waals surface area contributed by atoms with Gasteiger partial charge in [0, 0.05) is 13.2 Å². The first-order chi connectivity index (χ1) is 10.6. The van der Waals surface area contributed by atoms with Crippen molar-refractivity contribution in [1.82, 2.24) is 9.78 Å². The number of aromatic nitrogens is 2. The normalized spacial score (nSPS) is 10.7. The molecule has 6 nitrogen and oxygen atoms in total. The molecule has 0 unspecified atom stereocenters. The van der Waals surface area contributed by atoms with Crippen molar-refractivity contribution in [3.63, 3.8) is 0 Å². The molecule has 0 aliphatic heterocycles. The third-order valence-electron chi connectivity index (χ3n) is 2.72. The summed E-state index contributed by atoms with van der Waals surface area (Å²) in [6.07, 6.45) is 0.908. The van der Waals surface area contributed by atoms with Crippen LogP contribution in [-0.2, 0) is 7.05 Å². The number of anilines is 1. The summed E-state index contributed by atoms with van der Waals surface area (Å²) in [7, 11) is 1.27. The Hall–Kier alpha value is -2.98. The molecular formula is C12H6F5N3O3. The first-order valence-electron chi connectivity index (χ1n) is 5.74. The van der Waals surface area contributed by atoms with Crippen LogP contribution >= 0.6 is 0 Å². The van der Waals surface area contributed by atoms with Crippen molar-refractivity contribution in [3.8, 4) is 0 Å². The summed E-state index contributed by atoms with van der Waals surface area (Å²) in [5.41, 5.74) is -2.97. The fraction of sp³-hybridized carbons (Fsp3) is 0.0833. The zero-order chi connectivity index (χ0) is 17.5. The molecule has 2 N–H and O–H groups in total. The molecule has 122 valence electrons. The number of hydrogen-bond donors (Lipinski definition) is 2. The number of hydrogen-bond acceptors (Lipinski definition) is 3. The highest BCUT2D eigenvalue weighted by molar-refractivity contribution is 6.09. The number of rotatable bonds is 3. The molecule has 1 heterocycles. The van der Waals surface area contributed by atoms with Gasteiger partial charge in [-0.05, 0) is 0 Å². The summed E-state index contributed by atoms with van der Waals surface area (Å²) in [6.45, 7) is 0. The average Bonchev–Trinajstić information content (AvgIpc) is 2.90. The molecule has 0 aliphatic carbocycles. The standard InChI is InChI=1S/C12H6F5N3O3/c1-20-2-3(9(19-20)12(22)23)11(21)18-10-7(16)5(14)4(13)6(15)8(10)17/h2H,1H3,(H,18,21)(H,22,23). The number of carbonyl (C=O) groups excluding carboxylic acids is 1. The van der Waals surface area contributed by atoms with E-state index in [0.29, 0.717) is 0 Å². The van der Waals surface area contributed by atoms with Crippen LogP contribution in [-0.4, -0.2) is 26.8 Å². The number of carboxylic acids is 1. The summed E-state index contributed by atoms with van der Waals surface area (Å²) in [6, 6.07) is 0. The second kappa shape index (κ2) is 5.66. The van der Waals surface area contributed by atoms with Crippen molar-refractivity contribution in [2.45, 2.75) is 0 Å². The number of carbonyl (C=O) groups is 2. The highest BCUT2D eigenvalue weighted by Crippen LogP contribution is 2.27.